The summed E-state index contributed by atoms with van der Waals surface area (Å²) in [4.78, 5) is 31.9. The van der Waals surface area contributed by atoms with Gasteiger partial charge in [0.15, 0.2) is 0 Å². The fourth-order valence-electron chi connectivity index (χ4n) is 3.12. The molecule has 0 radical (unpaired) electrons. The van der Waals surface area contributed by atoms with Crippen LogP contribution in [-0.2, 0) is 15.0 Å². The van der Waals surface area contributed by atoms with Crippen molar-refractivity contribution in [1.82, 2.24) is 10.3 Å². The third kappa shape index (κ3) is 5.89. The van der Waals surface area contributed by atoms with Gasteiger partial charge in [-0.1, -0.05) is 39.0 Å². The van der Waals surface area contributed by atoms with E-state index in [0.29, 0.717) is 11.3 Å². The summed E-state index contributed by atoms with van der Waals surface area (Å²) in [6.45, 7) is 13.4. The van der Waals surface area contributed by atoms with Crippen molar-refractivity contribution in [2.24, 2.45) is 0 Å². The van der Waals surface area contributed by atoms with E-state index in [1.807, 2.05) is 45.0 Å². The minimum Gasteiger partial charge on any atom is -0.384 e. The molecule has 0 saturated carbocycles. The molecule has 30 heavy (non-hydrogen) atoms. The van der Waals surface area contributed by atoms with Gasteiger partial charge in [-0.2, -0.15) is 0 Å². The van der Waals surface area contributed by atoms with E-state index in [9.17, 15) is 14.7 Å². The molecule has 2 rings (SSSR count). The molecule has 2 atom stereocenters. The van der Waals surface area contributed by atoms with Crippen molar-refractivity contribution in [3.8, 4) is 0 Å². The van der Waals surface area contributed by atoms with Gasteiger partial charge in [0.2, 0.25) is 5.91 Å². The minimum atomic E-state index is -1.27. The van der Waals surface area contributed by atoms with E-state index in [0.717, 1.165) is 5.56 Å². The van der Waals surface area contributed by atoms with E-state index < -0.39 is 23.6 Å². The second kappa shape index (κ2) is 8.96. The van der Waals surface area contributed by atoms with Crippen LogP contribution in [0.25, 0.3) is 0 Å². The van der Waals surface area contributed by atoms with Crippen molar-refractivity contribution in [3.63, 3.8) is 0 Å². The van der Waals surface area contributed by atoms with Gasteiger partial charge in [0, 0.05) is 29.2 Å². The first-order chi connectivity index (χ1) is 13.8. The predicted molar refractivity (Wildman–Crippen MR) is 119 cm³/mol. The Hall–Kier alpha value is -2.73. The number of aliphatic hydroxyl groups is 1. The molecule has 0 spiro atoms. The Morgan fingerprint density at radius 2 is 1.63 bits per heavy atom. The fraction of sp³-hybridized carbons (Fsp3) is 0.458. The van der Waals surface area contributed by atoms with Crippen molar-refractivity contribution in [3.05, 3.63) is 59.9 Å². The van der Waals surface area contributed by atoms with Crippen LogP contribution in [0.4, 0.5) is 5.69 Å². The summed E-state index contributed by atoms with van der Waals surface area (Å²) in [5.41, 5.74) is 1.66. The number of nitrogens with one attached hydrogen (secondary N) is 1. The molecule has 1 aromatic heterocycles. The zero-order valence-corrected chi connectivity index (χ0v) is 18.9. The first-order valence-electron chi connectivity index (χ1n) is 10.1. The first kappa shape index (κ1) is 23.5. The van der Waals surface area contributed by atoms with Gasteiger partial charge in [0.25, 0.3) is 5.91 Å². The topological polar surface area (TPSA) is 82.5 Å². The lowest BCUT2D eigenvalue weighted by Gasteiger charge is -2.34. The highest BCUT2D eigenvalue weighted by Crippen LogP contribution is 2.31. The van der Waals surface area contributed by atoms with Crippen molar-refractivity contribution >= 4 is 17.5 Å². The number of hydrogen-bond acceptors (Lipinski definition) is 4. The van der Waals surface area contributed by atoms with Crippen molar-refractivity contribution in [2.45, 2.75) is 71.6 Å². The van der Waals surface area contributed by atoms with Gasteiger partial charge in [-0.25, -0.2) is 0 Å². The van der Waals surface area contributed by atoms with Crippen LogP contribution in [0.2, 0.25) is 0 Å². The van der Waals surface area contributed by atoms with Crippen LogP contribution in [-0.4, -0.2) is 33.5 Å². The van der Waals surface area contributed by atoms with Gasteiger partial charge < -0.3 is 10.4 Å². The molecule has 0 saturated heterocycles. The molecule has 6 heteroatoms. The van der Waals surface area contributed by atoms with Gasteiger partial charge in [0.1, 0.15) is 12.1 Å². The van der Waals surface area contributed by atoms with Crippen LogP contribution in [0.15, 0.2) is 48.8 Å². The largest absolute Gasteiger partial charge is 0.384 e. The van der Waals surface area contributed by atoms with Crippen molar-refractivity contribution < 1.29 is 14.7 Å². The van der Waals surface area contributed by atoms with Crippen LogP contribution in [0.1, 0.15) is 65.6 Å². The summed E-state index contributed by atoms with van der Waals surface area (Å²) in [6.07, 6.45) is 1.91. The van der Waals surface area contributed by atoms with Crippen molar-refractivity contribution in [2.75, 3.05) is 4.90 Å². The van der Waals surface area contributed by atoms with E-state index in [-0.39, 0.29) is 11.3 Å². The number of aromatic nitrogens is 1. The summed E-state index contributed by atoms with van der Waals surface area (Å²) in [5.74, 6) is -0.902. The van der Waals surface area contributed by atoms with E-state index in [1.165, 1.54) is 11.8 Å². The second-order valence-corrected chi connectivity index (χ2v) is 9.61. The van der Waals surface area contributed by atoms with Gasteiger partial charge >= 0.3 is 0 Å². The smallest absolute Gasteiger partial charge is 0.256 e. The Balaban J connectivity index is 2.62. The number of carbonyl (C=O) groups excluding carboxylic acids is 2. The van der Waals surface area contributed by atoms with E-state index >= 15 is 0 Å². The molecule has 0 unspecified atom stereocenters. The van der Waals surface area contributed by atoms with E-state index in [4.69, 9.17) is 0 Å². The van der Waals surface area contributed by atoms with Crippen molar-refractivity contribution in [1.29, 1.82) is 0 Å². The molecule has 6 nitrogen and oxygen atoms in total. The molecule has 1 aromatic carbocycles. The van der Waals surface area contributed by atoms with Crippen LogP contribution in [0.5, 0.6) is 0 Å². The average molecular weight is 412 g/mol. The maximum atomic E-state index is 13.3. The minimum absolute atomic E-state index is 0.0516. The molecule has 1 heterocycles. The highest BCUT2D eigenvalue weighted by molar-refractivity contribution is 6.03. The highest BCUT2D eigenvalue weighted by Gasteiger charge is 2.36. The first-order valence-corrected chi connectivity index (χ1v) is 10.1. The molecule has 0 fully saturated rings. The molecule has 0 aliphatic rings. The quantitative estimate of drug-likeness (QED) is 0.785. The summed E-state index contributed by atoms with van der Waals surface area (Å²) in [7, 11) is 0. The maximum Gasteiger partial charge on any atom is 0.256 e. The SMILES string of the molecule is C[C@@H](O)C(=O)N(c1ccc(C(C)(C)C)cc1)[C@@H](C(=O)NC(C)(C)C)c1cccnc1. The summed E-state index contributed by atoms with van der Waals surface area (Å²) in [6, 6.07) is 10.0. The molecule has 0 bridgehead atoms. The third-order valence-electron chi connectivity index (χ3n) is 4.61. The fourth-order valence-corrected chi connectivity index (χ4v) is 3.12. The number of rotatable bonds is 5. The lowest BCUT2D eigenvalue weighted by atomic mass is 9.87. The Morgan fingerprint density at radius 3 is 2.07 bits per heavy atom. The second-order valence-electron chi connectivity index (χ2n) is 9.61. The molecular weight excluding hydrogens is 378 g/mol. The Morgan fingerprint density at radius 1 is 1.03 bits per heavy atom. The standard InChI is InChI=1S/C24H33N3O3/c1-16(28)22(30)27(19-12-10-18(11-13-19)23(2,3)4)20(17-9-8-14-25-15-17)21(29)26-24(5,6)7/h8-16,20,28H,1-7H3,(H,26,29)/t16-,20-/m1/s1. The van der Waals surface area contributed by atoms with Gasteiger partial charge in [-0.15, -0.1) is 0 Å². The van der Waals surface area contributed by atoms with Crippen LogP contribution in [0.3, 0.4) is 0 Å². The highest BCUT2D eigenvalue weighted by atomic mass is 16.3. The number of aliphatic hydroxyl groups excluding tert-OH is 1. The molecule has 2 amide bonds. The zero-order valence-electron chi connectivity index (χ0n) is 18.9. The van der Waals surface area contributed by atoms with E-state index in [1.54, 1.807) is 24.5 Å². The van der Waals surface area contributed by atoms with Gasteiger partial charge in [-0.3, -0.25) is 19.5 Å². The van der Waals surface area contributed by atoms with Crippen LogP contribution >= 0.6 is 0 Å². The lowest BCUT2D eigenvalue weighted by Crippen LogP contribution is -2.51. The number of amides is 2. The van der Waals surface area contributed by atoms with E-state index in [2.05, 4.69) is 31.1 Å². The van der Waals surface area contributed by atoms with Gasteiger partial charge in [-0.05, 0) is 56.9 Å². The number of pyridine rings is 1. The molecule has 0 aliphatic heterocycles. The Bertz CT molecular complexity index is 863. The Labute approximate surface area is 179 Å². The zero-order chi connectivity index (χ0) is 22.7. The summed E-state index contributed by atoms with van der Waals surface area (Å²) in [5, 5.41) is 13.1. The molecule has 162 valence electrons. The Kier molecular flexibility index (Phi) is 7.03. The predicted octanol–water partition coefficient (Wildman–Crippen LogP) is 3.75. The lowest BCUT2D eigenvalue weighted by molar-refractivity contribution is -0.131. The average Bonchev–Trinajstić information content (AvgIpc) is 2.64. The number of nitrogens with zero attached hydrogens (tertiary/aromatic N) is 2. The van der Waals surface area contributed by atoms with Crippen LogP contribution in [0, 0.1) is 0 Å². The molecule has 2 N–H and O–H groups in total. The number of carbonyl (C=O) groups is 2. The monoisotopic (exact) mass is 411 g/mol. The van der Waals surface area contributed by atoms with Crippen LogP contribution < -0.4 is 10.2 Å². The number of benzene rings is 1. The summed E-state index contributed by atoms with van der Waals surface area (Å²) < 4.78 is 0. The molecule has 0 aliphatic carbocycles. The summed E-state index contributed by atoms with van der Waals surface area (Å²) >= 11 is 0. The maximum absolute atomic E-state index is 13.3. The van der Waals surface area contributed by atoms with Gasteiger partial charge in [0.05, 0.1) is 0 Å². The molecular formula is C24H33N3O3. The molecule has 2 aromatic rings. The number of anilines is 1. The number of hydrogen-bond donors (Lipinski definition) is 2. The third-order valence-corrected chi connectivity index (χ3v) is 4.61. The normalized spacial score (nSPS) is 14.0.